The van der Waals surface area contributed by atoms with Crippen molar-refractivity contribution in [2.75, 3.05) is 11.9 Å². The highest BCUT2D eigenvalue weighted by Crippen LogP contribution is 2.33. The van der Waals surface area contributed by atoms with E-state index in [1.165, 1.54) is 5.56 Å². The normalized spacial score (nSPS) is 14.1. The van der Waals surface area contributed by atoms with E-state index in [2.05, 4.69) is 16.4 Å². The van der Waals surface area contributed by atoms with Crippen LogP contribution in [0.3, 0.4) is 0 Å². The highest BCUT2D eigenvalue weighted by atomic mass is 16.1. The molecule has 1 fully saturated rings. The number of hydrogen-bond acceptors (Lipinski definition) is 4. The Balaban J connectivity index is 1.80. The molecule has 1 aliphatic carbocycles. The van der Waals surface area contributed by atoms with Gasteiger partial charge in [0.15, 0.2) is 5.82 Å². The minimum Gasteiger partial charge on any atom is -0.336 e. The van der Waals surface area contributed by atoms with Crippen LogP contribution in [0.25, 0.3) is 0 Å². The summed E-state index contributed by atoms with van der Waals surface area (Å²) in [5, 5.41) is 3.14. The Kier molecular flexibility index (Phi) is 4.01. The number of rotatable bonds is 6. The summed E-state index contributed by atoms with van der Waals surface area (Å²) < 4.78 is 1.77. The molecule has 1 saturated carbocycles. The average molecular weight is 284 g/mol. The third kappa shape index (κ3) is 3.31. The summed E-state index contributed by atoms with van der Waals surface area (Å²) in [7, 11) is 0. The maximum Gasteiger partial charge on any atom is 0.293 e. The fraction of sp³-hybridized carbons (Fsp3) is 0.375. The Bertz CT molecular complexity index is 676. The zero-order valence-corrected chi connectivity index (χ0v) is 12.0. The average Bonchev–Trinajstić information content (AvgIpc) is 3.32. The van der Waals surface area contributed by atoms with Crippen molar-refractivity contribution in [1.29, 1.82) is 0 Å². The van der Waals surface area contributed by atoms with Gasteiger partial charge in [0.25, 0.3) is 5.56 Å². The van der Waals surface area contributed by atoms with Crippen LogP contribution in [0, 0.1) is 0 Å². The quantitative estimate of drug-likeness (QED) is 0.853. The lowest BCUT2D eigenvalue weighted by Crippen LogP contribution is -2.22. The van der Waals surface area contributed by atoms with Crippen molar-refractivity contribution in [2.45, 2.75) is 31.7 Å². The molecule has 3 N–H and O–H groups in total. The van der Waals surface area contributed by atoms with E-state index in [9.17, 15) is 4.79 Å². The maximum absolute atomic E-state index is 12.3. The molecule has 1 heterocycles. The number of hydrogen-bond donors (Lipinski definition) is 2. The number of aryl methyl sites for hydroxylation is 1. The Morgan fingerprint density at radius 3 is 3.00 bits per heavy atom. The van der Waals surface area contributed by atoms with E-state index in [0.29, 0.717) is 18.4 Å². The van der Waals surface area contributed by atoms with Gasteiger partial charge in [0.1, 0.15) is 0 Å². The molecule has 1 aromatic heterocycles. The second-order valence-corrected chi connectivity index (χ2v) is 5.44. The van der Waals surface area contributed by atoms with Crippen molar-refractivity contribution in [3.63, 3.8) is 0 Å². The van der Waals surface area contributed by atoms with E-state index in [-0.39, 0.29) is 5.56 Å². The van der Waals surface area contributed by atoms with E-state index >= 15 is 0 Å². The van der Waals surface area contributed by atoms with Crippen LogP contribution in [0.15, 0.2) is 41.5 Å². The van der Waals surface area contributed by atoms with Crippen LogP contribution in [0.1, 0.15) is 30.9 Å². The Morgan fingerprint density at radius 2 is 2.24 bits per heavy atom. The summed E-state index contributed by atoms with van der Waals surface area (Å²) in [6.07, 6.45) is 7.51. The second kappa shape index (κ2) is 6.10. The van der Waals surface area contributed by atoms with Crippen molar-refractivity contribution in [1.82, 2.24) is 9.55 Å². The molecular weight excluding hydrogens is 264 g/mol. The number of nitrogens with two attached hydrogens (primary N) is 1. The summed E-state index contributed by atoms with van der Waals surface area (Å²) in [4.78, 5) is 16.5. The smallest absolute Gasteiger partial charge is 0.293 e. The number of benzene rings is 1. The molecule has 2 aromatic rings. The van der Waals surface area contributed by atoms with Crippen molar-refractivity contribution < 1.29 is 0 Å². The molecule has 0 spiro atoms. The number of nitrogens with one attached hydrogen (secondary N) is 1. The molecule has 3 rings (SSSR count). The Labute approximate surface area is 123 Å². The Hall–Kier alpha value is -2.14. The topological polar surface area (TPSA) is 72.9 Å². The molecule has 1 aliphatic rings. The van der Waals surface area contributed by atoms with E-state index in [4.69, 9.17) is 5.73 Å². The SMILES string of the molecule is NCCCc1cccc(Nc2nccn(C3CC3)c2=O)c1. The number of anilines is 2. The van der Waals surface area contributed by atoms with Crippen molar-refractivity contribution >= 4 is 11.5 Å². The fourth-order valence-corrected chi connectivity index (χ4v) is 2.40. The summed E-state index contributed by atoms with van der Waals surface area (Å²) in [5.41, 5.74) is 7.59. The molecule has 0 radical (unpaired) electrons. The second-order valence-electron chi connectivity index (χ2n) is 5.44. The van der Waals surface area contributed by atoms with Gasteiger partial charge in [0.2, 0.25) is 0 Å². The predicted molar refractivity (Wildman–Crippen MR) is 83.9 cm³/mol. The zero-order valence-electron chi connectivity index (χ0n) is 12.0. The lowest BCUT2D eigenvalue weighted by molar-refractivity contribution is 0.701. The largest absolute Gasteiger partial charge is 0.336 e. The molecular formula is C16H20N4O. The van der Waals surface area contributed by atoms with Crippen molar-refractivity contribution in [2.24, 2.45) is 5.73 Å². The standard InChI is InChI=1S/C16H20N4O/c17-8-2-4-12-3-1-5-13(11-12)19-15-16(21)20(10-9-18-15)14-6-7-14/h1,3,5,9-11,14H,2,4,6-8,17H2,(H,18,19). The molecule has 110 valence electrons. The van der Waals surface area contributed by atoms with Gasteiger partial charge in [0, 0.05) is 24.1 Å². The minimum atomic E-state index is -0.0487. The van der Waals surface area contributed by atoms with Crippen LogP contribution >= 0.6 is 0 Å². The molecule has 0 bridgehead atoms. The molecule has 5 heteroatoms. The zero-order chi connectivity index (χ0) is 14.7. The molecule has 1 aromatic carbocycles. The van der Waals surface area contributed by atoms with Gasteiger partial charge < -0.3 is 15.6 Å². The third-order valence-corrected chi connectivity index (χ3v) is 3.67. The summed E-state index contributed by atoms with van der Waals surface area (Å²) in [6, 6.07) is 8.40. The first kappa shape index (κ1) is 13.8. The monoisotopic (exact) mass is 284 g/mol. The van der Waals surface area contributed by atoms with Crippen molar-refractivity contribution in [3.05, 3.63) is 52.6 Å². The van der Waals surface area contributed by atoms with Crippen LogP contribution in [-0.2, 0) is 6.42 Å². The molecule has 0 aliphatic heterocycles. The first-order chi connectivity index (χ1) is 10.3. The fourth-order valence-electron chi connectivity index (χ4n) is 2.40. The van der Waals surface area contributed by atoms with Crippen molar-refractivity contribution in [3.8, 4) is 0 Å². The lowest BCUT2D eigenvalue weighted by atomic mass is 10.1. The van der Waals surface area contributed by atoms with Gasteiger partial charge in [-0.1, -0.05) is 12.1 Å². The van der Waals surface area contributed by atoms with Gasteiger partial charge in [-0.3, -0.25) is 4.79 Å². The van der Waals surface area contributed by atoms with E-state index in [1.807, 2.05) is 18.2 Å². The van der Waals surface area contributed by atoms with Crippen LogP contribution in [0.5, 0.6) is 0 Å². The molecule has 5 nitrogen and oxygen atoms in total. The van der Waals surface area contributed by atoms with Gasteiger partial charge in [-0.2, -0.15) is 0 Å². The van der Waals surface area contributed by atoms with Gasteiger partial charge in [-0.25, -0.2) is 4.98 Å². The maximum atomic E-state index is 12.3. The van der Waals surface area contributed by atoms with Gasteiger partial charge in [-0.05, 0) is 49.9 Å². The molecule has 0 unspecified atom stereocenters. The lowest BCUT2D eigenvalue weighted by Gasteiger charge is -2.09. The minimum absolute atomic E-state index is 0.0487. The van der Waals surface area contributed by atoms with Crippen LogP contribution < -0.4 is 16.6 Å². The van der Waals surface area contributed by atoms with Crippen LogP contribution in [0.2, 0.25) is 0 Å². The molecule has 0 amide bonds. The highest BCUT2D eigenvalue weighted by Gasteiger charge is 2.25. The van der Waals surface area contributed by atoms with Crippen LogP contribution in [-0.4, -0.2) is 16.1 Å². The highest BCUT2D eigenvalue weighted by molar-refractivity contribution is 5.56. The number of aromatic nitrogens is 2. The first-order valence-electron chi connectivity index (χ1n) is 7.41. The third-order valence-electron chi connectivity index (χ3n) is 3.67. The van der Waals surface area contributed by atoms with Gasteiger partial charge in [-0.15, -0.1) is 0 Å². The molecule has 0 atom stereocenters. The van der Waals surface area contributed by atoms with E-state index < -0.39 is 0 Å². The van der Waals surface area contributed by atoms with Crippen LogP contribution in [0.4, 0.5) is 11.5 Å². The molecule has 21 heavy (non-hydrogen) atoms. The summed E-state index contributed by atoms with van der Waals surface area (Å²) >= 11 is 0. The van der Waals surface area contributed by atoms with E-state index in [0.717, 1.165) is 31.4 Å². The predicted octanol–water partition coefficient (Wildman–Crippen LogP) is 2.21. The first-order valence-corrected chi connectivity index (χ1v) is 7.41. The summed E-state index contributed by atoms with van der Waals surface area (Å²) in [6.45, 7) is 0.685. The van der Waals surface area contributed by atoms with Gasteiger partial charge >= 0.3 is 0 Å². The van der Waals surface area contributed by atoms with E-state index in [1.54, 1.807) is 17.0 Å². The number of nitrogens with zero attached hydrogens (tertiary/aromatic N) is 2. The van der Waals surface area contributed by atoms with Gasteiger partial charge in [0.05, 0.1) is 0 Å². The Morgan fingerprint density at radius 1 is 1.38 bits per heavy atom. The molecule has 0 saturated heterocycles. The summed E-state index contributed by atoms with van der Waals surface area (Å²) in [5.74, 6) is 0.389.